The third-order valence-electron chi connectivity index (χ3n) is 3.58. The maximum atomic E-state index is 10.9. The van der Waals surface area contributed by atoms with Crippen LogP contribution >= 0.6 is 22.6 Å². The van der Waals surface area contributed by atoms with Gasteiger partial charge in [0.15, 0.2) is 11.5 Å². The summed E-state index contributed by atoms with van der Waals surface area (Å²) in [7, 11) is 1.57. The van der Waals surface area contributed by atoms with Crippen LogP contribution in [0.4, 0.5) is 0 Å². The average molecular weight is 418 g/mol. The van der Waals surface area contributed by atoms with Gasteiger partial charge in [-0.05, 0) is 57.1 Å². The molecule has 0 aliphatic carbocycles. The van der Waals surface area contributed by atoms with Gasteiger partial charge in [0.1, 0.15) is 12.9 Å². The van der Waals surface area contributed by atoms with E-state index in [2.05, 4.69) is 52.9 Å². The number of carbonyl (C=O) groups excluding carboxylic acids is 1. The van der Waals surface area contributed by atoms with Crippen molar-refractivity contribution in [3.63, 3.8) is 0 Å². The summed E-state index contributed by atoms with van der Waals surface area (Å²) in [5.74, 6) is 1.23. The van der Waals surface area contributed by atoms with Gasteiger partial charge in [-0.3, -0.25) is 4.79 Å². The van der Waals surface area contributed by atoms with Crippen LogP contribution in [0.1, 0.15) is 15.9 Å². The zero-order valence-electron chi connectivity index (χ0n) is 12.6. The largest absolute Gasteiger partial charge is 0.493 e. The second-order valence-electron chi connectivity index (χ2n) is 5.12. The van der Waals surface area contributed by atoms with Gasteiger partial charge in [0.2, 0.25) is 0 Å². The molecule has 3 aromatic carbocycles. The van der Waals surface area contributed by atoms with E-state index in [0.29, 0.717) is 23.7 Å². The van der Waals surface area contributed by atoms with E-state index in [1.807, 2.05) is 12.1 Å². The number of benzene rings is 3. The zero-order chi connectivity index (χ0) is 16.2. The Morgan fingerprint density at radius 1 is 1.04 bits per heavy atom. The van der Waals surface area contributed by atoms with Crippen molar-refractivity contribution >= 4 is 39.6 Å². The van der Waals surface area contributed by atoms with Crippen LogP contribution in [0.5, 0.6) is 11.5 Å². The molecule has 0 atom stereocenters. The predicted molar refractivity (Wildman–Crippen MR) is 99.4 cm³/mol. The van der Waals surface area contributed by atoms with Crippen molar-refractivity contribution in [2.24, 2.45) is 0 Å². The molecule has 3 nitrogen and oxygen atoms in total. The van der Waals surface area contributed by atoms with Crippen LogP contribution in [-0.4, -0.2) is 13.4 Å². The second kappa shape index (κ2) is 7.00. The summed E-state index contributed by atoms with van der Waals surface area (Å²) in [6, 6.07) is 18.0. The number of methoxy groups -OCH3 is 1. The molecule has 0 fully saturated rings. The van der Waals surface area contributed by atoms with Gasteiger partial charge in [-0.25, -0.2) is 0 Å². The molecular formula is C19H15IO3. The molecule has 0 aliphatic heterocycles. The molecule has 0 amide bonds. The SMILES string of the molecule is COc1cc(C=O)cc(I)c1OCc1ccc2ccccc2c1. The van der Waals surface area contributed by atoms with E-state index in [1.165, 1.54) is 10.8 Å². The molecule has 0 unspecified atom stereocenters. The lowest BCUT2D eigenvalue weighted by atomic mass is 10.1. The van der Waals surface area contributed by atoms with Crippen molar-refractivity contribution in [2.75, 3.05) is 7.11 Å². The van der Waals surface area contributed by atoms with Crippen molar-refractivity contribution in [1.29, 1.82) is 0 Å². The molecule has 0 aliphatic rings. The molecule has 3 rings (SSSR count). The lowest BCUT2D eigenvalue weighted by Gasteiger charge is -2.13. The molecule has 116 valence electrons. The Morgan fingerprint density at radius 2 is 1.83 bits per heavy atom. The molecule has 3 aromatic rings. The molecule has 0 saturated carbocycles. The normalized spacial score (nSPS) is 10.5. The molecule has 0 radical (unpaired) electrons. The highest BCUT2D eigenvalue weighted by molar-refractivity contribution is 14.1. The Kier molecular flexibility index (Phi) is 4.81. The highest BCUT2D eigenvalue weighted by atomic mass is 127. The third kappa shape index (κ3) is 3.47. The molecule has 4 heteroatoms. The average Bonchev–Trinajstić information content (AvgIpc) is 2.59. The van der Waals surface area contributed by atoms with E-state index in [-0.39, 0.29) is 0 Å². The summed E-state index contributed by atoms with van der Waals surface area (Å²) in [5.41, 5.74) is 1.66. The molecule has 0 bridgehead atoms. The van der Waals surface area contributed by atoms with Crippen molar-refractivity contribution in [2.45, 2.75) is 6.61 Å². The van der Waals surface area contributed by atoms with Gasteiger partial charge in [0.05, 0.1) is 10.7 Å². The number of aldehydes is 1. The highest BCUT2D eigenvalue weighted by Gasteiger charge is 2.12. The molecular weight excluding hydrogens is 403 g/mol. The molecule has 0 spiro atoms. The number of rotatable bonds is 5. The van der Waals surface area contributed by atoms with E-state index in [9.17, 15) is 4.79 Å². The maximum absolute atomic E-state index is 10.9. The topological polar surface area (TPSA) is 35.5 Å². The van der Waals surface area contributed by atoms with Gasteiger partial charge < -0.3 is 9.47 Å². The summed E-state index contributed by atoms with van der Waals surface area (Å²) < 4.78 is 12.1. The minimum atomic E-state index is 0.442. The predicted octanol–water partition coefficient (Wildman–Crippen LogP) is 4.84. The Labute approximate surface area is 148 Å². The fraction of sp³-hybridized carbons (Fsp3) is 0.105. The van der Waals surface area contributed by atoms with Crippen molar-refractivity contribution in [3.05, 3.63) is 69.3 Å². The Morgan fingerprint density at radius 3 is 2.57 bits per heavy atom. The number of carbonyl (C=O) groups is 1. The monoisotopic (exact) mass is 418 g/mol. The molecule has 23 heavy (non-hydrogen) atoms. The van der Waals surface area contributed by atoms with Gasteiger partial charge in [-0.1, -0.05) is 36.4 Å². The zero-order valence-corrected chi connectivity index (χ0v) is 14.7. The minimum Gasteiger partial charge on any atom is -0.493 e. The Bertz CT molecular complexity index is 858. The fourth-order valence-corrected chi connectivity index (χ4v) is 3.21. The number of ether oxygens (including phenoxy) is 2. The van der Waals surface area contributed by atoms with Crippen LogP contribution in [0.25, 0.3) is 10.8 Å². The van der Waals surface area contributed by atoms with Crippen LogP contribution in [0.3, 0.4) is 0 Å². The lowest BCUT2D eigenvalue weighted by molar-refractivity contribution is 0.112. The first-order valence-corrected chi connectivity index (χ1v) is 8.22. The number of hydrogen-bond acceptors (Lipinski definition) is 3. The number of fused-ring (bicyclic) bond motifs is 1. The molecule has 0 heterocycles. The fourth-order valence-electron chi connectivity index (χ4n) is 2.43. The Hall–Kier alpha value is -2.08. The molecule has 0 saturated heterocycles. The van der Waals surface area contributed by atoms with E-state index < -0.39 is 0 Å². The van der Waals surface area contributed by atoms with Crippen molar-refractivity contribution in [3.8, 4) is 11.5 Å². The van der Waals surface area contributed by atoms with Gasteiger partial charge >= 0.3 is 0 Å². The van der Waals surface area contributed by atoms with Crippen LogP contribution in [0.15, 0.2) is 54.6 Å². The van der Waals surface area contributed by atoms with Crippen LogP contribution in [0, 0.1) is 3.57 Å². The standard InChI is InChI=1S/C19H15IO3/c1-22-18-10-14(11-21)9-17(20)19(18)23-12-13-6-7-15-4-2-3-5-16(15)8-13/h2-11H,12H2,1H3. The summed E-state index contributed by atoms with van der Waals surface area (Å²) >= 11 is 2.15. The summed E-state index contributed by atoms with van der Waals surface area (Å²) in [4.78, 5) is 10.9. The van der Waals surface area contributed by atoms with Crippen LogP contribution in [-0.2, 0) is 6.61 Å². The Balaban J connectivity index is 1.85. The second-order valence-corrected chi connectivity index (χ2v) is 6.28. The molecule has 0 N–H and O–H groups in total. The van der Waals surface area contributed by atoms with E-state index in [4.69, 9.17) is 9.47 Å². The van der Waals surface area contributed by atoms with Crippen molar-refractivity contribution in [1.82, 2.24) is 0 Å². The summed E-state index contributed by atoms with van der Waals surface area (Å²) in [6.45, 7) is 0.442. The highest BCUT2D eigenvalue weighted by Crippen LogP contribution is 2.34. The summed E-state index contributed by atoms with van der Waals surface area (Å²) in [5, 5.41) is 2.39. The smallest absolute Gasteiger partial charge is 0.174 e. The first kappa shape index (κ1) is 15.8. The number of hydrogen-bond donors (Lipinski definition) is 0. The van der Waals surface area contributed by atoms with Crippen molar-refractivity contribution < 1.29 is 14.3 Å². The van der Waals surface area contributed by atoms with E-state index >= 15 is 0 Å². The maximum Gasteiger partial charge on any atom is 0.174 e. The van der Waals surface area contributed by atoms with E-state index in [1.54, 1.807) is 19.2 Å². The van der Waals surface area contributed by atoms with Gasteiger partial charge in [0, 0.05) is 5.56 Å². The van der Waals surface area contributed by atoms with Crippen LogP contribution < -0.4 is 9.47 Å². The number of halogens is 1. The minimum absolute atomic E-state index is 0.442. The third-order valence-corrected chi connectivity index (χ3v) is 4.39. The van der Waals surface area contributed by atoms with E-state index in [0.717, 1.165) is 15.4 Å². The summed E-state index contributed by atoms with van der Waals surface area (Å²) in [6.07, 6.45) is 0.803. The van der Waals surface area contributed by atoms with Gasteiger partial charge in [-0.2, -0.15) is 0 Å². The van der Waals surface area contributed by atoms with Gasteiger partial charge in [-0.15, -0.1) is 0 Å². The first-order chi connectivity index (χ1) is 11.2. The molecule has 0 aromatic heterocycles. The van der Waals surface area contributed by atoms with Crippen LogP contribution in [0.2, 0.25) is 0 Å². The quantitative estimate of drug-likeness (QED) is 0.439. The van der Waals surface area contributed by atoms with Gasteiger partial charge in [0.25, 0.3) is 0 Å². The lowest BCUT2D eigenvalue weighted by Crippen LogP contribution is -2.00. The first-order valence-electron chi connectivity index (χ1n) is 7.14.